The maximum absolute atomic E-state index is 13.4. The molecular weight excluding hydrogens is 366 g/mol. The lowest BCUT2D eigenvalue weighted by Gasteiger charge is -2.37. The number of nitrogens with one attached hydrogen (secondary N) is 2. The van der Waals surface area contributed by atoms with Crippen molar-refractivity contribution in [2.75, 3.05) is 25.0 Å². The quantitative estimate of drug-likeness (QED) is 0.834. The highest BCUT2D eigenvalue weighted by atomic mass is 35.5. The molecule has 6 nitrogen and oxygen atoms in total. The Morgan fingerprint density at radius 1 is 1.22 bits per heavy atom. The van der Waals surface area contributed by atoms with Crippen molar-refractivity contribution in [3.8, 4) is 5.75 Å². The molecule has 2 aliphatic heterocycles. The van der Waals surface area contributed by atoms with Crippen LogP contribution in [0.15, 0.2) is 42.5 Å². The Morgan fingerprint density at radius 3 is 2.85 bits per heavy atom. The third-order valence-electron chi connectivity index (χ3n) is 4.94. The van der Waals surface area contributed by atoms with Gasteiger partial charge in [-0.2, -0.15) is 0 Å². The molecule has 0 saturated carbocycles. The zero-order valence-corrected chi connectivity index (χ0v) is 15.6. The second kappa shape index (κ2) is 7.21. The predicted molar refractivity (Wildman–Crippen MR) is 103 cm³/mol. The minimum Gasteiger partial charge on any atom is -0.478 e. The summed E-state index contributed by atoms with van der Waals surface area (Å²) in [7, 11) is 0. The molecule has 1 fully saturated rings. The third-order valence-corrected chi connectivity index (χ3v) is 5.28. The standard InChI is InChI=1S/C20H20ClN3O3/c1-12-19(25)23-16-8-4-6-14(18(16)27-12)20(26)24-10-9-22-11-17(24)13-5-2-3-7-15(13)21/h2-8,12,17,22H,9-11H2,1H3,(H,23,25). The summed E-state index contributed by atoms with van der Waals surface area (Å²) >= 11 is 6.39. The summed E-state index contributed by atoms with van der Waals surface area (Å²) in [6.07, 6.45) is -0.645. The Hall–Kier alpha value is -2.57. The van der Waals surface area contributed by atoms with Gasteiger partial charge in [0.15, 0.2) is 11.9 Å². The molecule has 4 rings (SSSR count). The summed E-state index contributed by atoms with van der Waals surface area (Å²) < 4.78 is 5.75. The van der Waals surface area contributed by atoms with Crippen LogP contribution in [0.5, 0.6) is 5.75 Å². The van der Waals surface area contributed by atoms with Crippen molar-refractivity contribution in [3.05, 3.63) is 58.6 Å². The first-order valence-corrected chi connectivity index (χ1v) is 9.30. The molecule has 140 valence electrons. The lowest BCUT2D eigenvalue weighted by molar-refractivity contribution is -0.122. The van der Waals surface area contributed by atoms with E-state index < -0.39 is 6.10 Å². The van der Waals surface area contributed by atoms with Gasteiger partial charge in [0.2, 0.25) is 0 Å². The van der Waals surface area contributed by atoms with Crippen molar-refractivity contribution in [1.82, 2.24) is 10.2 Å². The molecule has 1 saturated heterocycles. The Kier molecular flexibility index (Phi) is 4.76. The maximum Gasteiger partial charge on any atom is 0.265 e. The monoisotopic (exact) mass is 385 g/mol. The average molecular weight is 386 g/mol. The molecule has 27 heavy (non-hydrogen) atoms. The molecule has 2 heterocycles. The summed E-state index contributed by atoms with van der Waals surface area (Å²) in [5.41, 5.74) is 1.87. The zero-order valence-electron chi connectivity index (χ0n) is 14.9. The molecular formula is C20H20ClN3O3. The number of rotatable bonds is 2. The molecule has 2 atom stereocenters. The van der Waals surface area contributed by atoms with E-state index in [4.69, 9.17) is 16.3 Å². The van der Waals surface area contributed by atoms with Gasteiger partial charge >= 0.3 is 0 Å². The van der Waals surface area contributed by atoms with Crippen molar-refractivity contribution < 1.29 is 14.3 Å². The van der Waals surface area contributed by atoms with Gasteiger partial charge in [-0.15, -0.1) is 0 Å². The number of fused-ring (bicyclic) bond motifs is 1. The minimum atomic E-state index is -0.645. The Morgan fingerprint density at radius 2 is 2.04 bits per heavy atom. The number of hydrogen-bond donors (Lipinski definition) is 2. The number of amides is 2. The number of hydrogen-bond acceptors (Lipinski definition) is 4. The minimum absolute atomic E-state index is 0.137. The number of para-hydroxylation sites is 1. The number of ether oxygens (including phenoxy) is 1. The van der Waals surface area contributed by atoms with Gasteiger partial charge in [0.1, 0.15) is 0 Å². The molecule has 2 amide bonds. The highest BCUT2D eigenvalue weighted by Gasteiger charge is 2.34. The van der Waals surface area contributed by atoms with Gasteiger partial charge in [0, 0.05) is 24.7 Å². The van der Waals surface area contributed by atoms with Crippen molar-refractivity contribution in [2.24, 2.45) is 0 Å². The molecule has 2 aromatic rings. The van der Waals surface area contributed by atoms with Crippen molar-refractivity contribution >= 4 is 29.1 Å². The fourth-order valence-electron chi connectivity index (χ4n) is 3.52. The number of halogens is 1. The van der Waals surface area contributed by atoms with E-state index in [1.165, 1.54) is 0 Å². The lowest BCUT2D eigenvalue weighted by atomic mass is 10.0. The van der Waals surface area contributed by atoms with E-state index in [9.17, 15) is 9.59 Å². The number of benzene rings is 2. The fraction of sp³-hybridized carbons (Fsp3) is 0.300. The fourth-order valence-corrected chi connectivity index (χ4v) is 3.78. The molecule has 0 aliphatic carbocycles. The van der Waals surface area contributed by atoms with Crippen LogP contribution in [0.2, 0.25) is 5.02 Å². The van der Waals surface area contributed by atoms with Crippen LogP contribution in [-0.4, -0.2) is 42.5 Å². The molecule has 0 aromatic heterocycles. The summed E-state index contributed by atoms with van der Waals surface area (Å²) in [6.45, 7) is 3.55. The number of carbonyl (C=O) groups is 2. The smallest absolute Gasteiger partial charge is 0.265 e. The van der Waals surface area contributed by atoms with E-state index in [1.807, 2.05) is 29.2 Å². The molecule has 2 aliphatic rings. The summed E-state index contributed by atoms with van der Waals surface area (Å²) in [6, 6.07) is 12.6. The highest BCUT2D eigenvalue weighted by Crippen LogP contribution is 2.36. The normalized spacial score (nSPS) is 21.9. The van der Waals surface area contributed by atoms with E-state index in [-0.39, 0.29) is 17.9 Å². The van der Waals surface area contributed by atoms with Gasteiger partial charge in [-0.1, -0.05) is 35.9 Å². The number of nitrogens with zero attached hydrogens (tertiary/aromatic N) is 1. The van der Waals surface area contributed by atoms with Gasteiger partial charge in [-0.05, 0) is 30.7 Å². The first-order chi connectivity index (χ1) is 13.1. The topological polar surface area (TPSA) is 70.7 Å². The van der Waals surface area contributed by atoms with E-state index >= 15 is 0 Å². The SMILES string of the molecule is CC1Oc2c(cccc2C(=O)N2CCNCC2c2ccccc2Cl)NC1=O. The van der Waals surface area contributed by atoms with Crippen LogP contribution < -0.4 is 15.4 Å². The van der Waals surface area contributed by atoms with E-state index in [0.717, 1.165) is 5.56 Å². The highest BCUT2D eigenvalue weighted by molar-refractivity contribution is 6.31. The third kappa shape index (κ3) is 3.26. The van der Waals surface area contributed by atoms with Crippen molar-refractivity contribution in [2.45, 2.75) is 19.1 Å². The number of carbonyl (C=O) groups excluding carboxylic acids is 2. The van der Waals surface area contributed by atoms with Crippen LogP contribution >= 0.6 is 11.6 Å². The zero-order chi connectivity index (χ0) is 19.0. The first kappa shape index (κ1) is 17.8. The van der Waals surface area contributed by atoms with Gasteiger partial charge in [-0.25, -0.2) is 0 Å². The van der Waals surface area contributed by atoms with Crippen LogP contribution in [-0.2, 0) is 4.79 Å². The van der Waals surface area contributed by atoms with Crippen molar-refractivity contribution in [1.29, 1.82) is 0 Å². The Labute approximate surface area is 162 Å². The van der Waals surface area contributed by atoms with E-state index in [2.05, 4.69) is 10.6 Å². The van der Waals surface area contributed by atoms with Gasteiger partial charge in [-0.3, -0.25) is 9.59 Å². The second-order valence-corrected chi connectivity index (χ2v) is 7.08. The Balaban J connectivity index is 1.71. The van der Waals surface area contributed by atoms with Crippen LogP contribution in [0, 0.1) is 0 Å². The molecule has 0 radical (unpaired) electrons. The summed E-state index contributed by atoms with van der Waals surface area (Å²) in [5, 5.41) is 6.76. The van der Waals surface area contributed by atoms with Crippen LogP contribution in [0.1, 0.15) is 28.9 Å². The average Bonchev–Trinajstić information content (AvgIpc) is 2.68. The lowest BCUT2D eigenvalue weighted by Crippen LogP contribution is -2.49. The summed E-state index contributed by atoms with van der Waals surface area (Å²) in [4.78, 5) is 27.1. The largest absolute Gasteiger partial charge is 0.478 e. The Bertz CT molecular complexity index is 902. The van der Waals surface area contributed by atoms with Gasteiger partial charge in [0.05, 0.1) is 17.3 Å². The van der Waals surface area contributed by atoms with Gasteiger partial charge in [0.25, 0.3) is 11.8 Å². The molecule has 2 N–H and O–H groups in total. The van der Waals surface area contributed by atoms with Crippen LogP contribution in [0.25, 0.3) is 0 Å². The van der Waals surface area contributed by atoms with E-state index in [0.29, 0.717) is 41.7 Å². The summed E-state index contributed by atoms with van der Waals surface area (Å²) in [5.74, 6) is 0.0656. The number of piperazine rings is 1. The molecule has 7 heteroatoms. The molecule has 2 unspecified atom stereocenters. The van der Waals surface area contributed by atoms with Crippen LogP contribution in [0.4, 0.5) is 5.69 Å². The van der Waals surface area contributed by atoms with Crippen molar-refractivity contribution in [3.63, 3.8) is 0 Å². The first-order valence-electron chi connectivity index (χ1n) is 8.93. The number of anilines is 1. The second-order valence-electron chi connectivity index (χ2n) is 6.67. The molecule has 0 bridgehead atoms. The molecule has 0 spiro atoms. The van der Waals surface area contributed by atoms with E-state index in [1.54, 1.807) is 25.1 Å². The molecule has 2 aromatic carbocycles. The van der Waals surface area contributed by atoms with Gasteiger partial charge < -0.3 is 20.3 Å². The maximum atomic E-state index is 13.4. The predicted octanol–water partition coefficient (Wildman–Crippen LogP) is 2.85. The van der Waals surface area contributed by atoms with Crippen LogP contribution in [0.3, 0.4) is 0 Å².